The van der Waals surface area contributed by atoms with Crippen molar-refractivity contribution in [3.8, 4) is 0 Å². The van der Waals surface area contributed by atoms with Crippen LogP contribution in [0, 0.1) is 13.8 Å². The number of hydrogen-bond donors (Lipinski definition) is 1. The normalized spacial score (nSPS) is 24.2. The Balaban J connectivity index is 1.85. The Labute approximate surface area is 109 Å². The Morgan fingerprint density at radius 3 is 2.82 bits per heavy atom. The molecule has 0 amide bonds. The highest BCUT2D eigenvalue weighted by atomic mass is 32.2. The summed E-state index contributed by atoms with van der Waals surface area (Å²) in [5.41, 5.74) is 4.19. The highest BCUT2D eigenvalue weighted by molar-refractivity contribution is 8.00. The van der Waals surface area contributed by atoms with Crippen LogP contribution in [0.25, 0.3) is 0 Å². The van der Waals surface area contributed by atoms with Crippen LogP contribution in [0.1, 0.15) is 36.5 Å². The smallest absolute Gasteiger partial charge is 0.0256 e. The number of rotatable bonds is 4. The van der Waals surface area contributed by atoms with E-state index in [1.54, 1.807) is 0 Å². The van der Waals surface area contributed by atoms with Gasteiger partial charge in [-0.2, -0.15) is 11.8 Å². The molecule has 1 nitrogen and oxygen atoms in total. The van der Waals surface area contributed by atoms with E-state index in [1.165, 1.54) is 35.3 Å². The second kappa shape index (κ2) is 5.45. The van der Waals surface area contributed by atoms with Crippen molar-refractivity contribution in [2.24, 2.45) is 0 Å². The van der Waals surface area contributed by atoms with E-state index in [2.05, 4.69) is 56.0 Å². The molecule has 0 bridgehead atoms. The Bertz CT molecular complexity index is 381. The van der Waals surface area contributed by atoms with E-state index < -0.39 is 0 Å². The molecule has 0 radical (unpaired) electrons. The summed E-state index contributed by atoms with van der Waals surface area (Å²) in [4.78, 5) is 0. The molecule has 94 valence electrons. The van der Waals surface area contributed by atoms with Gasteiger partial charge >= 0.3 is 0 Å². The molecule has 0 spiro atoms. The molecule has 1 atom stereocenters. The van der Waals surface area contributed by atoms with E-state index in [0.29, 0.717) is 4.75 Å². The van der Waals surface area contributed by atoms with Crippen molar-refractivity contribution in [2.75, 3.05) is 12.3 Å². The van der Waals surface area contributed by atoms with E-state index in [-0.39, 0.29) is 0 Å². The lowest BCUT2D eigenvalue weighted by Gasteiger charge is -2.23. The Morgan fingerprint density at radius 1 is 1.35 bits per heavy atom. The van der Waals surface area contributed by atoms with Gasteiger partial charge < -0.3 is 5.32 Å². The number of thioether (sulfide) groups is 1. The third-order valence-electron chi connectivity index (χ3n) is 3.61. The maximum atomic E-state index is 3.62. The second-order valence-electron chi connectivity index (χ2n) is 5.44. The van der Waals surface area contributed by atoms with Crippen LogP contribution >= 0.6 is 11.8 Å². The first-order valence-corrected chi connectivity index (χ1v) is 7.48. The molecule has 0 aromatic heterocycles. The Hall–Kier alpha value is -0.470. The van der Waals surface area contributed by atoms with Crippen LogP contribution in [0.3, 0.4) is 0 Å². The first-order valence-electron chi connectivity index (χ1n) is 6.50. The molecule has 1 aromatic carbocycles. The zero-order chi connectivity index (χ0) is 12.3. The first kappa shape index (κ1) is 13.0. The van der Waals surface area contributed by atoms with Gasteiger partial charge in [-0.3, -0.25) is 0 Å². The summed E-state index contributed by atoms with van der Waals surface area (Å²) in [7, 11) is 0. The van der Waals surface area contributed by atoms with Gasteiger partial charge in [0, 0.05) is 17.8 Å². The zero-order valence-corrected chi connectivity index (χ0v) is 12.0. The topological polar surface area (TPSA) is 12.0 Å². The summed E-state index contributed by atoms with van der Waals surface area (Å²) in [6.45, 7) is 8.88. The largest absolute Gasteiger partial charge is 0.311 e. The minimum atomic E-state index is 0.471. The molecule has 1 aliphatic rings. The van der Waals surface area contributed by atoms with Gasteiger partial charge in [0.15, 0.2) is 0 Å². The van der Waals surface area contributed by atoms with Crippen molar-refractivity contribution in [3.05, 3.63) is 34.9 Å². The second-order valence-corrected chi connectivity index (χ2v) is 7.12. The fraction of sp³-hybridized carbons (Fsp3) is 0.600. The van der Waals surface area contributed by atoms with E-state index in [4.69, 9.17) is 0 Å². The molecule has 0 saturated carbocycles. The summed E-state index contributed by atoms with van der Waals surface area (Å²) in [5, 5.41) is 3.62. The maximum absolute atomic E-state index is 3.62. The van der Waals surface area contributed by atoms with Crippen molar-refractivity contribution in [1.82, 2.24) is 5.32 Å². The van der Waals surface area contributed by atoms with Gasteiger partial charge in [-0.05, 0) is 50.5 Å². The molecule has 1 heterocycles. The number of benzene rings is 1. The lowest BCUT2D eigenvalue weighted by atomic mass is 10.0. The fourth-order valence-corrected chi connectivity index (χ4v) is 3.76. The van der Waals surface area contributed by atoms with Gasteiger partial charge in [-0.1, -0.05) is 23.8 Å². The third kappa shape index (κ3) is 3.49. The van der Waals surface area contributed by atoms with Crippen LogP contribution in [0.15, 0.2) is 18.2 Å². The van der Waals surface area contributed by atoms with E-state index >= 15 is 0 Å². The highest BCUT2D eigenvalue weighted by Crippen LogP contribution is 2.36. The molecular formula is C15H23NS. The molecule has 1 fully saturated rings. The van der Waals surface area contributed by atoms with Crippen molar-refractivity contribution < 1.29 is 0 Å². The summed E-state index contributed by atoms with van der Waals surface area (Å²) >= 11 is 2.12. The average molecular weight is 249 g/mol. The van der Waals surface area contributed by atoms with Gasteiger partial charge in [0.05, 0.1) is 0 Å². The number of aryl methyl sites for hydroxylation is 2. The monoisotopic (exact) mass is 249 g/mol. The van der Waals surface area contributed by atoms with Crippen LogP contribution in [0.2, 0.25) is 0 Å². The van der Waals surface area contributed by atoms with E-state index in [1.807, 2.05) is 0 Å². The standard InChI is InChI=1S/C15H23NS/c1-12-5-6-14(13(2)9-12)10-16-11-15(3)7-4-8-17-15/h5-6,9,16H,4,7-8,10-11H2,1-3H3. The van der Waals surface area contributed by atoms with Gasteiger partial charge in [0.2, 0.25) is 0 Å². The molecule has 1 saturated heterocycles. The van der Waals surface area contributed by atoms with Gasteiger partial charge in [0.1, 0.15) is 0 Å². The molecule has 1 aliphatic heterocycles. The lowest BCUT2D eigenvalue weighted by Crippen LogP contribution is -2.32. The van der Waals surface area contributed by atoms with Crippen molar-refractivity contribution in [3.63, 3.8) is 0 Å². The average Bonchev–Trinajstić information content (AvgIpc) is 2.69. The molecule has 1 aromatic rings. The van der Waals surface area contributed by atoms with Gasteiger partial charge in [-0.15, -0.1) is 0 Å². The first-order chi connectivity index (χ1) is 8.09. The maximum Gasteiger partial charge on any atom is 0.0256 e. The SMILES string of the molecule is Cc1ccc(CNCC2(C)CCCS2)c(C)c1. The Kier molecular flexibility index (Phi) is 4.16. The highest BCUT2D eigenvalue weighted by Gasteiger charge is 2.28. The Morgan fingerprint density at radius 2 is 2.18 bits per heavy atom. The number of hydrogen-bond acceptors (Lipinski definition) is 2. The molecule has 2 heteroatoms. The molecule has 1 N–H and O–H groups in total. The van der Waals surface area contributed by atoms with Crippen molar-refractivity contribution in [1.29, 1.82) is 0 Å². The summed E-state index contributed by atoms with van der Waals surface area (Å²) < 4.78 is 0.471. The third-order valence-corrected chi connectivity index (χ3v) is 5.15. The molecular weight excluding hydrogens is 226 g/mol. The molecule has 1 unspecified atom stereocenters. The predicted octanol–water partition coefficient (Wildman–Crippen LogP) is 3.68. The molecule has 17 heavy (non-hydrogen) atoms. The zero-order valence-electron chi connectivity index (χ0n) is 11.2. The van der Waals surface area contributed by atoms with Crippen molar-refractivity contribution in [2.45, 2.75) is 44.9 Å². The summed E-state index contributed by atoms with van der Waals surface area (Å²) in [6, 6.07) is 6.72. The fourth-order valence-electron chi connectivity index (χ4n) is 2.48. The minimum absolute atomic E-state index is 0.471. The predicted molar refractivity (Wildman–Crippen MR) is 77.7 cm³/mol. The van der Waals surface area contributed by atoms with Crippen LogP contribution in [-0.2, 0) is 6.54 Å². The van der Waals surface area contributed by atoms with Crippen LogP contribution in [-0.4, -0.2) is 17.0 Å². The summed E-state index contributed by atoms with van der Waals surface area (Å²) in [6.07, 6.45) is 2.74. The van der Waals surface area contributed by atoms with E-state index in [0.717, 1.165) is 13.1 Å². The van der Waals surface area contributed by atoms with Crippen molar-refractivity contribution >= 4 is 11.8 Å². The van der Waals surface area contributed by atoms with Crippen LogP contribution in [0.4, 0.5) is 0 Å². The molecule has 0 aliphatic carbocycles. The lowest BCUT2D eigenvalue weighted by molar-refractivity contribution is 0.536. The van der Waals surface area contributed by atoms with Gasteiger partial charge in [0.25, 0.3) is 0 Å². The van der Waals surface area contributed by atoms with Crippen LogP contribution < -0.4 is 5.32 Å². The summed E-state index contributed by atoms with van der Waals surface area (Å²) in [5.74, 6) is 1.34. The minimum Gasteiger partial charge on any atom is -0.311 e. The van der Waals surface area contributed by atoms with E-state index in [9.17, 15) is 0 Å². The quantitative estimate of drug-likeness (QED) is 0.873. The van der Waals surface area contributed by atoms with Crippen LogP contribution in [0.5, 0.6) is 0 Å². The molecule has 2 rings (SSSR count). The number of nitrogens with one attached hydrogen (secondary N) is 1. The van der Waals surface area contributed by atoms with Gasteiger partial charge in [-0.25, -0.2) is 0 Å².